The van der Waals surface area contributed by atoms with Crippen molar-refractivity contribution in [3.8, 4) is 17.0 Å². The average Bonchev–Trinajstić information content (AvgIpc) is 3.24. The predicted octanol–water partition coefficient (Wildman–Crippen LogP) is 6.14. The molecule has 0 fully saturated rings. The number of esters is 1. The number of para-hydroxylation sites is 2. The van der Waals surface area contributed by atoms with E-state index in [9.17, 15) is 9.59 Å². The molecular weight excluding hydrogens is 460 g/mol. The molecule has 0 radical (unpaired) electrons. The molecule has 35 heavy (non-hydrogen) atoms. The lowest BCUT2D eigenvalue weighted by atomic mass is 9.88. The Balaban J connectivity index is 1.60. The van der Waals surface area contributed by atoms with Crippen LogP contribution in [-0.4, -0.2) is 31.1 Å². The molecule has 0 spiro atoms. The Morgan fingerprint density at radius 2 is 1.86 bits per heavy atom. The SMILES string of the molecule is COC(=O)c1c(NC(=O)c2cc(-c3ccccc3OC)nc3ccccc23)sc2c1CC[C@H](C)C2. The normalized spacial score (nSPS) is 14.9. The molecule has 2 heterocycles. The highest BCUT2D eigenvalue weighted by Crippen LogP contribution is 2.40. The molecule has 7 heteroatoms. The molecule has 2 aromatic carbocycles. The van der Waals surface area contributed by atoms with Gasteiger partial charge in [-0.2, -0.15) is 0 Å². The summed E-state index contributed by atoms with van der Waals surface area (Å²) in [4.78, 5) is 32.3. The molecule has 1 aliphatic carbocycles. The van der Waals surface area contributed by atoms with Crippen LogP contribution < -0.4 is 10.1 Å². The van der Waals surface area contributed by atoms with Crippen molar-refractivity contribution in [3.05, 3.63) is 76.2 Å². The van der Waals surface area contributed by atoms with Crippen molar-refractivity contribution >= 4 is 39.1 Å². The summed E-state index contributed by atoms with van der Waals surface area (Å²) in [6.07, 6.45) is 2.72. The molecule has 0 unspecified atom stereocenters. The third-order valence-corrected chi connectivity index (χ3v) is 7.64. The van der Waals surface area contributed by atoms with Gasteiger partial charge in [0.25, 0.3) is 5.91 Å². The number of rotatable bonds is 5. The minimum Gasteiger partial charge on any atom is -0.496 e. The topological polar surface area (TPSA) is 77.5 Å². The number of anilines is 1. The van der Waals surface area contributed by atoms with E-state index >= 15 is 0 Å². The van der Waals surface area contributed by atoms with Gasteiger partial charge >= 0.3 is 5.97 Å². The number of hydrogen-bond donors (Lipinski definition) is 1. The Morgan fingerprint density at radius 1 is 1.09 bits per heavy atom. The van der Waals surface area contributed by atoms with Crippen molar-refractivity contribution in [1.29, 1.82) is 0 Å². The zero-order valence-corrected chi connectivity index (χ0v) is 20.7. The van der Waals surface area contributed by atoms with Crippen molar-refractivity contribution in [2.24, 2.45) is 5.92 Å². The van der Waals surface area contributed by atoms with Gasteiger partial charge in [-0.1, -0.05) is 37.3 Å². The summed E-state index contributed by atoms with van der Waals surface area (Å²) < 4.78 is 10.6. The van der Waals surface area contributed by atoms with Gasteiger partial charge in [0, 0.05) is 15.8 Å². The van der Waals surface area contributed by atoms with E-state index in [1.54, 1.807) is 13.2 Å². The number of carbonyl (C=O) groups excluding carboxylic acids is 2. The van der Waals surface area contributed by atoms with E-state index in [0.29, 0.717) is 39.0 Å². The second-order valence-corrected chi connectivity index (χ2v) is 9.88. The number of hydrogen-bond acceptors (Lipinski definition) is 6. The number of carbonyl (C=O) groups is 2. The summed E-state index contributed by atoms with van der Waals surface area (Å²) in [6.45, 7) is 2.21. The van der Waals surface area contributed by atoms with Gasteiger partial charge in [-0.15, -0.1) is 11.3 Å². The quantitative estimate of drug-likeness (QED) is 0.343. The maximum Gasteiger partial charge on any atom is 0.341 e. The third-order valence-electron chi connectivity index (χ3n) is 6.47. The molecule has 2 aromatic heterocycles. The van der Waals surface area contributed by atoms with Crippen molar-refractivity contribution in [2.45, 2.75) is 26.2 Å². The van der Waals surface area contributed by atoms with Gasteiger partial charge in [-0.05, 0) is 55.0 Å². The molecular formula is C28H26N2O4S. The molecule has 0 saturated carbocycles. The van der Waals surface area contributed by atoms with E-state index < -0.39 is 5.97 Å². The van der Waals surface area contributed by atoms with Gasteiger partial charge < -0.3 is 14.8 Å². The van der Waals surface area contributed by atoms with Gasteiger partial charge in [0.05, 0.1) is 36.6 Å². The van der Waals surface area contributed by atoms with Crippen LogP contribution in [-0.2, 0) is 17.6 Å². The van der Waals surface area contributed by atoms with Crippen molar-refractivity contribution in [1.82, 2.24) is 4.98 Å². The number of pyridine rings is 1. The van der Waals surface area contributed by atoms with Gasteiger partial charge in [0.1, 0.15) is 10.8 Å². The number of aromatic nitrogens is 1. The highest BCUT2D eigenvalue weighted by atomic mass is 32.1. The van der Waals surface area contributed by atoms with E-state index in [0.717, 1.165) is 40.7 Å². The molecule has 1 aliphatic rings. The Bertz CT molecular complexity index is 1440. The van der Waals surface area contributed by atoms with Crippen LogP contribution in [0.3, 0.4) is 0 Å². The Hall–Kier alpha value is -3.71. The van der Waals surface area contributed by atoms with Crippen molar-refractivity contribution in [2.75, 3.05) is 19.5 Å². The van der Waals surface area contributed by atoms with E-state index in [1.165, 1.54) is 18.4 Å². The van der Waals surface area contributed by atoms with Gasteiger partial charge in [0.15, 0.2) is 0 Å². The fourth-order valence-electron chi connectivity index (χ4n) is 4.68. The number of fused-ring (bicyclic) bond motifs is 2. The minimum absolute atomic E-state index is 0.295. The van der Waals surface area contributed by atoms with Crippen LogP contribution in [0.5, 0.6) is 5.75 Å². The summed E-state index contributed by atoms with van der Waals surface area (Å²) in [7, 11) is 2.99. The minimum atomic E-state index is -0.415. The summed E-state index contributed by atoms with van der Waals surface area (Å²) >= 11 is 1.48. The van der Waals surface area contributed by atoms with E-state index in [2.05, 4.69) is 12.2 Å². The lowest BCUT2D eigenvalue weighted by Gasteiger charge is -2.18. The fourth-order valence-corrected chi connectivity index (χ4v) is 6.08. The van der Waals surface area contributed by atoms with Crippen LogP contribution in [0, 0.1) is 5.92 Å². The van der Waals surface area contributed by atoms with Crippen molar-refractivity contribution in [3.63, 3.8) is 0 Å². The number of amides is 1. The summed E-state index contributed by atoms with van der Waals surface area (Å²) in [5.74, 6) is 0.510. The lowest BCUT2D eigenvalue weighted by molar-refractivity contribution is 0.0601. The van der Waals surface area contributed by atoms with Gasteiger partial charge in [0.2, 0.25) is 0 Å². The predicted molar refractivity (Wildman–Crippen MR) is 139 cm³/mol. The molecule has 0 bridgehead atoms. The second kappa shape index (κ2) is 9.50. The number of nitrogens with one attached hydrogen (secondary N) is 1. The first-order chi connectivity index (χ1) is 17.0. The van der Waals surface area contributed by atoms with Crippen LogP contribution in [0.2, 0.25) is 0 Å². The Labute approximate surface area is 207 Å². The van der Waals surface area contributed by atoms with E-state index in [-0.39, 0.29) is 5.91 Å². The highest BCUT2D eigenvalue weighted by Gasteiger charge is 2.29. The highest BCUT2D eigenvalue weighted by molar-refractivity contribution is 7.17. The monoisotopic (exact) mass is 486 g/mol. The van der Waals surface area contributed by atoms with Crippen LogP contribution >= 0.6 is 11.3 Å². The Morgan fingerprint density at radius 3 is 2.66 bits per heavy atom. The number of nitrogens with zero attached hydrogens (tertiary/aromatic N) is 1. The van der Waals surface area contributed by atoms with Crippen LogP contribution in [0.4, 0.5) is 5.00 Å². The molecule has 1 N–H and O–H groups in total. The standard InChI is InChI=1S/C28H26N2O4S/c1-16-12-13-19-24(14-16)35-27(25(19)28(32)34-3)30-26(31)20-15-22(18-9-5-7-11-23(18)33-2)29-21-10-6-4-8-17(20)21/h4-11,15-16H,12-14H2,1-3H3,(H,30,31)/t16-/m0/s1. The second-order valence-electron chi connectivity index (χ2n) is 8.77. The van der Waals surface area contributed by atoms with Crippen LogP contribution in [0.1, 0.15) is 44.5 Å². The fraction of sp³-hybridized carbons (Fsp3) is 0.250. The molecule has 0 saturated heterocycles. The Kier molecular flexibility index (Phi) is 6.26. The molecule has 178 valence electrons. The number of thiophene rings is 1. The molecule has 4 aromatic rings. The average molecular weight is 487 g/mol. The molecule has 1 amide bonds. The molecule has 5 rings (SSSR count). The smallest absolute Gasteiger partial charge is 0.341 e. The molecule has 0 aliphatic heterocycles. The van der Waals surface area contributed by atoms with Crippen LogP contribution in [0.15, 0.2) is 54.6 Å². The molecule has 6 nitrogen and oxygen atoms in total. The van der Waals surface area contributed by atoms with Crippen LogP contribution in [0.25, 0.3) is 22.2 Å². The zero-order valence-electron chi connectivity index (χ0n) is 19.9. The van der Waals surface area contributed by atoms with Crippen molar-refractivity contribution < 1.29 is 19.1 Å². The number of methoxy groups -OCH3 is 2. The third kappa shape index (κ3) is 4.28. The first-order valence-electron chi connectivity index (χ1n) is 11.6. The number of ether oxygens (including phenoxy) is 2. The number of benzene rings is 2. The van der Waals surface area contributed by atoms with E-state index in [4.69, 9.17) is 14.5 Å². The summed E-state index contributed by atoms with van der Waals surface area (Å²) in [5, 5.41) is 4.31. The van der Waals surface area contributed by atoms with Gasteiger partial charge in [-0.3, -0.25) is 4.79 Å². The summed E-state index contributed by atoms with van der Waals surface area (Å²) in [6, 6.07) is 16.9. The van der Waals surface area contributed by atoms with E-state index in [1.807, 2.05) is 48.5 Å². The maximum absolute atomic E-state index is 13.7. The zero-order chi connectivity index (χ0) is 24.5. The lowest BCUT2D eigenvalue weighted by Crippen LogP contribution is -2.16. The first-order valence-corrected chi connectivity index (χ1v) is 12.4. The van der Waals surface area contributed by atoms with Gasteiger partial charge in [-0.25, -0.2) is 9.78 Å². The molecule has 1 atom stereocenters. The largest absolute Gasteiger partial charge is 0.496 e. The maximum atomic E-state index is 13.7. The first kappa shape index (κ1) is 23.1. The summed E-state index contributed by atoms with van der Waals surface area (Å²) in [5.41, 5.74) is 4.10.